The van der Waals surface area contributed by atoms with Gasteiger partial charge in [0.15, 0.2) is 6.61 Å². The molecule has 2 aromatic carbocycles. The SMILES string of the molecule is CS(=O)c1cccc(-c2ccc(-c3cc(OCC(=O)O)nn3-c3ccccc3Cl)s2)c1. The van der Waals surface area contributed by atoms with Crippen LogP contribution in [0.5, 0.6) is 5.88 Å². The van der Waals surface area contributed by atoms with Crippen molar-refractivity contribution in [1.82, 2.24) is 9.78 Å². The first-order valence-corrected chi connectivity index (χ1v) is 11.9. The number of nitrogens with zero attached hydrogens (tertiary/aromatic N) is 2. The van der Waals surface area contributed by atoms with Gasteiger partial charge in [-0.05, 0) is 42.0 Å². The van der Waals surface area contributed by atoms with Gasteiger partial charge in [0.25, 0.3) is 0 Å². The summed E-state index contributed by atoms with van der Waals surface area (Å²) in [6.45, 7) is -0.490. The quantitative estimate of drug-likeness (QED) is 0.403. The monoisotopic (exact) mass is 472 g/mol. The van der Waals surface area contributed by atoms with Crippen LogP contribution >= 0.6 is 22.9 Å². The van der Waals surface area contributed by atoms with E-state index in [1.165, 1.54) is 11.3 Å². The van der Waals surface area contributed by atoms with Crippen molar-refractivity contribution < 1.29 is 18.8 Å². The van der Waals surface area contributed by atoms with Crippen LogP contribution in [0.1, 0.15) is 0 Å². The summed E-state index contributed by atoms with van der Waals surface area (Å²) < 4.78 is 18.8. The number of benzene rings is 2. The molecule has 6 nitrogen and oxygen atoms in total. The maximum Gasteiger partial charge on any atom is 0.341 e. The minimum Gasteiger partial charge on any atom is -0.479 e. The molecule has 158 valence electrons. The van der Waals surface area contributed by atoms with E-state index in [0.29, 0.717) is 10.7 Å². The second-order valence-corrected chi connectivity index (χ2v) is 9.43. The summed E-state index contributed by atoms with van der Waals surface area (Å²) in [5.74, 6) is -0.893. The lowest BCUT2D eigenvalue weighted by atomic mass is 10.2. The molecule has 1 atom stereocenters. The molecule has 0 saturated heterocycles. The number of rotatable bonds is 7. The fraction of sp³-hybridized carbons (Fsp3) is 0.0909. The second-order valence-electron chi connectivity index (χ2n) is 6.56. The normalized spacial score (nSPS) is 11.9. The largest absolute Gasteiger partial charge is 0.479 e. The highest BCUT2D eigenvalue weighted by Gasteiger charge is 2.17. The topological polar surface area (TPSA) is 81.4 Å². The van der Waals surface area contributed by atoms with E-state index in [0.717, 1.165) is 25.9 Å². The Morgan fingerprint density at radius 1 is 1.13 bits per heavy atom. The summed E-state index contributed by atoms with van der Waals surface area (Å²) in [4.78, 5) is 13.6. The number of hydrogen-bond acceptors (Lipinski definition) is 5. The lowest BCUT2D eigenvalue weighted by Gasteiger charge is -2.07. The van der Waals surface area contributed by atoms with E-state index in [-0.39, 0.29) is 5.88 Å². The molecule has 4 aromatic rings. The molecule has 0 aliphatic heterocycles. The van der Waals surface area contributed by atoms with Gasteiger partial charge in [-0.15, -0.1) is 16.4 Å². The average Bonchev–Trinajstić information content (AvgIpc) is 3.40. The lowest BCUT2D eigenvalue weighted by molar-refractivity contribution is -0.139. The number of carboxylic acid groups (broad SMARTS) is 1. The van der Waals surface area contributed by atoms with Gasteiger partial charge in [-0.3, -0.25) is 4.21 Å². The Kier molecular flexibility index (Phi) is 6.22. The molecule has 2 heterocycles. The third kappa shape index (κ3) is 4.71. The summed E-state index contributed by atoms with van der Waals surface area (Å²) >= 11 is 7.92. The molecule has 0 spiro atoms. The van der Waals surface area contributed by atoms with Crippen molar-refractivity contribution >= 4 is 39.7 Å². The van der Waals surface area contributed by atoms with E-state index in [1.807, 2.05) is 54.6 Å². The summed E-state index contributed by atoms with van der Waals surface area (Å²) in [7, 11) is -1.07. The lowest BCUT2D eigenvalue weighted by Crippen LogP contribution is -2.10. The summed E-state index contributed by atoms with van der Waals surface area (Å²) in [6.07, 6.45) is 1.65. The molecule has 4 rings (SSSR count). The highest BCUT2D eigenvalue weighted by molar-refractivity contribution is 7.84. The number of carboxylic acids is 1. The molecule has 31 heavy (non-hydrogen) atoms. The molecule has 0 aliphatic carbocycles. The van der Waals surface area contributed by atoms with Crippen LogP contribution in [0.4, 0.5) is 0 Å². The third-order valence-electron chi connectivity index (χ3n) is 4.42. The Morgan fingerprint density at radius 2 is 1.90 bits per heavy atom. The number of halogens is 1. The van der Waals surface area contributed by atoms with Gasteiger partial charge in [0.2, 0.25) is 5.88 Å². The van der Waals surface area contributed by atoms with Crippen LogP contribution in [-0.4, -0.2) is 37.9 Å². The van der Waals surface area contributed by atoms with Crippen molar-refractivity contribution in [1.29, 1.82) is 0 Å². The number of thiophene rings is 1. The van der Waals surface area contributed by atoms with Gasteiger partial charge < -0.3 is 9.84 Å². The number of hydrogen-bond donors (Lipinski definition) is 1. The number of aromatic nitrogens is 2. The molecule has 0 amide bonds. The number of ether oxygens (including phenoxy) is 1. The van der Waals surface area contributed by atoms with E-state index in [2.05, 4.69) is 5.10 Å². The first-order chi connectivity index (χ1) is 14.9. The smallest absolute Gasteiger partial charge is 0.341 e. The van der Waals surface area contributed by atoms with Gasteiger partial charge >= 0.3 is 5.97 Å². The maximum atomic E-state index is 11.8. The standard InChI is InChI=1S/C22H17ClN2O4S2/c1-31(28)15-6-4-5-14(11-15)19-9-10-20(30-19)18-12-21(29-13-22(26)27)24-25(18)17-8-3-2-7-16(17)23/h2-12H,13H2,1H3,(H,26,27). The fourth-order valence-electron chi connectivity index (χ4n) is 3.01. The van der Waals surface area contributed by atoms with Crippen LogP contribution in [0.25, 0.3) is 26.7 Å². The number of para-hydroxylation sites is 1. The minimum absolute atomic E-state index is 0.190. The Morgan fingerprint density at radius 3 is 2.65 bits per heavy atom. The molecule has 1 unspecified atom stereocenters. The maximum absolute atomic E-state index is 11.8. The van der Waals surface area contributed by atoms with Crippen molar-refractivity contribution in [3.63, 3.8) is 0 Å². The van der Waals surface area contributed by atoms with Gasteiger partial charge in [-0.25, -0.2) is 9.48 Å². The molecule has 0 saturated carbocycles. The summed E-state index contributed by atoms with van der Waals surface area (Å²) in [5, 5.41) is 13.8. The summed E-state index contributed by atoms with van der Waals surface area (Å²) in [6, 6.07) is 20.5. The van der Waals surface area contributed by atoms with Crippen LogP contribution < -0.4 is 4.74 Å². The van der Waals surface area contributed by atoms with E-state index in [1.54, 1.807) is 23.1 Å². The van der Waals surface area contributed by atoms with Crippen LogP contribution in [-0.2, 0) is 15.6 Å². The zero-order valence-electron chi connectivity index (χ0n) is 16.3. The predicted molar refractivity (Wildman–Crippen MR) is 123 cm³/mol. The molecule has 0 radical (unpaired) electrons. The minimum atomic E-state index is -1.08. The van der Waals surface area contributed by atoms with Gasteiger partial charge in [-0.1, -0.05) is 35.9 Å². The third-order valence-corrected chi connectivity index (χ3v) is 6.81. The van der Waals surface area contributed by atoms with Crippen LogP contribution in [0, 0.1) is 0 Å². The average molecular weight is 473 g/mol. The molecular weight excluding hydrogens is 456 g/mol. The number of carbonyl (C=O) groups is 1. The first-order valence-electron chi connectivity index (χ1n) is 9.16. The first kappa shape index (κ1) is 21.3. The molecule has 0 bridgehead atoms. The number of aliphatic carboxylic acids is 1. The van der Waals surface area contributed by atoms with E-state index < -0.39 is 23.4 Å². The van der Waals surface area contributed by atoms with Crippen molar-refractivity contribution in [3.05, 3.63) is 71.8 Å². The van der Waals surface area contributed by atoms with Crippen LogP contribution in [0.3, 0.4) is 0 Å². The molecular formula is C22H17ClN2O4S2. The molecule has 0 aliphatic rings. The van der Waals surface area contributed by atoms with Gasteiger partial charge in [-0.2, -0.15) is 0 Å². The fourth-order valence-corrected chi connectivity index (χ4v) is 4.79. The molecule has 9 heteroatoms. The van der Waals surface area contributed by atoms with Crippen molar-refractivity contribution in [2.75, 3.05) is 12.9 Å². The van der Waals surface area contributed by atoms with Gasteiger partial charge in [0.1, 0.15) is 0 Å². The highest BCUT2D eigenvalue weighted by atomic mass is 35.5. The molecule has 0 fully saturated rings. The zero-order chi connectivity index (χ0) is 22.0. The molecule has 1 N–H and O–H groups in total. The van der Waals surface area contributed by atoms with Crippen molar-refractivity contribution in [2.45, 2.75) is 4.90 Å². The Labute approximate surface area is 190 Å². The summed E-state index contributed by atoms with van der Waals surface area (Å²) in [5.41, 5.74) is 2.35. The molecule has 2 aromatic heterocycles. The van der Waals surface area contributed by atoms with E-state index in [4.69, 9.17) is 21.4 Å². The van der Waals surface area contributed by atoms with Crippen molar-refractivity contribution in [2.24, 2.45) is 0 Å². The van der Waals surface area contributed by atoms with Crippen LogP contribution in [0.15, 0.2) is 71.6 Å². The van der Waals surface area contributed by atoms with Gasteiger partial charge in [0.05, 0.1) is 21.3 Å². The zero-order valence-corrected chi connectivity index (χ0v) is 18.7. The second kappa shape index (κ2) is 9.05. The Bertz CT molecular complexity index is 1280. The Hall–Kier alpha value is -2.94. The van der Waals surface area contributed by atoms with Crippen molar-refractivity contribution in [3.8, 4) is 32.6 Å². The van der Waals surface area contributed by atoms with E-state index >= 15 is 0 Å². The predicted octanol–water partition coefficient (Wildman–Crippen LogP) is 5.12. The Balaban J connectivity index is 1.77. The van der Waals surface area contributed by atoms with E-state index in [9.17, 15) is 9.00 Å². The highest BCUT2D eigenvalue weighted by Crippen LogP contribution is 2.38. The van der Waals surface area contributed by atoms with Gasteiger partial charge in [0, 0.05) is 32.9 Å². The van der Waals surface area contributed by atoms with Crippen LogP contribution in [0.2, 0.25) is 5.02 Å².